The molecule has 0 aromatic heterocycles. The summed E-state index contributed by atoms with van der Waals surface area (Å²) >= 11 is 9.75. The monoisotopic (exact) mass is 525 g/mol. The van der Waals surface area contributed by atoms with Crippen molar-refractivity contribution in [2.24, 2.45) is 0 Å². The number of nitro benzene ring substituents is 1. The Morgan fingerprint density at radius 2 is 1.97 bits per heavy atom. The standard InChI is InChI=1S/C24H17BrClN3O4/c1-15-5-7-19(8-6-15)28-24(30)18(13-27)9-17-11-21(25)23(22(26)12-17)33-14-16-3-2-4-20(10-16)29(31)32/h2-12H,14H2,1H3,(H,28,30)/b18-9-. The largest absolute Gasteiger partial charge is 0.486 e. The van der Waals surface area contributed by atoms with Gasteiger partial charge in [0, 0.05) is 17.8 Å². The fraction of sp³-hybridized carbons (Fsp3) is 0.0833. The van der Waals surface area contributed by atoms with Crippen LogP contribution in [0.1, 0.15) is 16.7 Å². The molecule has 1 amide bonds. The molecular weight excluding hydrogens is 510 g/mol. The van der Waals surface area contributed by atoms with E-state index in [4.69, 9.17) is 16.3 Å². The highest BCUT2D eigenvalue weighted by Crippen LogP contribution is 2.36. The van der Waals surface area contributed by atoms with E-state index in [0.29, 0.717) is 27.0 Å². The number of nitrogens with one attached hydrogen (secondary N) is 1. The molecule has 3 aromatic rings. The third-order valence-corrected chi connectivity index (χ3v) is 5.38. The molecule has 166 valence electrons. The van der Waals surface area contributed by atoms with Crippen LogP contribution < -0.4 is 10.1 Å². The van der Waals surface area contributed by atoms with Gasteiger partial charge in [0.25, 0.3) is 11.6 Å². The van der Waals surface area contributed by atoms with Gasteiger partial charge in [-0.05, 0) is 64.3 Å². The zero-order valence-electron chi connectivity index (χ0n) is 17.3. The Morgan fingerprint density at radius 3 is 2.61 bits per heavy atom. The van der Waals surface area contributed by atoms with E-state index in [0.717, 1.165) is 5.56 Å². The summed E-state index contributed by atoms with van der Waals surface area (Å²) in [6.07, 6.45) is 1.42. The van der Waals surface area contributed by atoms with Crippen molar-refractivity contribution < 1.29 is 14.5 Å². The van der Waals surface area contributed by atoms with E-state index < -0.39 is 10.8 Å². The molecule has 0 aliphatic rings. The fourth-order valence-corrected chi connectivity index (χ4v) is 3.86. The first kappa shape index (κ1) is 24.0. The molecule has 0 spiro atoms. The molecule has 0 unspecified atom stereocenters. The highest BCUT2D eigenvalue weighted by atomic mass is 79.9. The summed E-state index contributed by atoms with van der Waals surface area (Å²) in [6.45, 7) is 2.00. The van der Waals surface area contributed by atoms with Crippen molar-refractivity contribution in [1.82, 2.24) is 0 Å². The van der Waals surface area contributed by atoms with Crippen molar-refractivity contribution in [2.45, 2.75) is 13.5 Å². The lowest BCUT2D eigenvalue weighted by molar-refractivity contribution is -0.384. The van der Waals surface area contributed by atoms with E-state index in [1.165, 1.54) is 18.2 Å². The number of carbonyl (C=O) groups is 1. The van der Waals surface area contributed by atoms with Gasteiger partial charge in [0.2, 0.25) is 0 Å². The molecule has 0 radical (unpaired) electrons. The van der Waals surface area contributed by atoms with E-state index in [1.54, 1.807) is 36.4 Å². The Morgan fingerprint density at radius 1 is 1.24 bits per heavy atom. The average Bonchev–Trinajstić information content (AvgIpc) is 2.78. The first-order valence-electron chi connectivity index (χ1n) is 9.62. The van der Waals surface area contributed by atoms with Gasteiger partial charge in [0.05, 0.1) is 14.4 Å². The lowest BCUT2D eigenvalue weighted by Gasteiger charge is -2.11. The molecule has 0 saturated carbocycles. The first-order chi connectivity index (χ1) is 15.8. The third-order valence-electron chi connectivity index (χ3n) is 4.51. The van der Waals surface area contributed by atoms with Crippen LogP contribution in [0.25, 0.3) is 6.08 Å². The molecule has 0 atom stereocenters. The third kappa shape index (κ3) is 6.42. The second-order valence-electron chi connectivity index (χ2n) is 7.02. The number of benzene rings is 3. The molecule has 1 N–H and O–H groups in total. The maximum absolute atomic E-state index is 12.5. The van der Waals surface area contributed by atoms with E-state index in [9.17, 15) is 20.2 Å². The van der Waals surface area contributed by atoms with Crippen LogP contribution in [0.3, 0.4) is 0 Å². The Labute approximate surface area is 203 Å². The highest BCUT2D eigenvalue weighted by molar-refractivity contribution is 9.10. The number of nitro groups is 1. The van der Waals surface area contributed by atoms with Crippen LogP contribution in [0, 0.1) is 28.4 Å². The molecule has 0 heterocycles. The number of anilines is 1. The molecule has 0 aliphatic carbocycles. The number of nitriles is 1. The van der Waals surface area contributed by atoms with Crippen molar-refractivity contribution in [3.05, 3.63) is 103 Å². The summed E-state index contributed by atoms with van der Waals surface area (Å²) in [4.78, 5) is 22.9. The van der Waals surface area contributed by atoms with Gasteiger partial charge >= 0.3 is 0 Å². The van der Waals surface area contributed by atoms with Crippen molar-refractivity contribution in [2.75, 3.05) is 5.32 Å². The summed E-state index contributed by atoms with van der Waals surface area (Å²) < 4.78 is 6.25. The van der Waals surface area contributed by atoms with Crippen LogP contribution in [0.15, 0.2) is 70.7 Å². The number of nitrogens with zero attached hydrogens (tertiary/aromatic N) is 2. The second kappa shape index (κ2) is 10.8. The van der Waals surface area contributed by atoms with Crippen molar-refractivity contribution in [3.8, 4) is 11.8 Å². The first-order valence-corrected chi connectivity index (χ1v) is 10.8. The van der Waals surface area contributed by atoms with Crippen molar-refractivity contribution in [3.63, 3.8) is 0 Å². The minimum absolute atomic E-state index is 0.0327. The lowest BCUT2D eigenvalue weighted by Crippen LogP contribution is -2.13. The summed E-state index contributed by atoms with van der Waals surface area (Å²) in [7, 11) is 0. The number of amides is 1. The Bertz CT molecular complexity index is 1260. The van der Waals surface area contributed by atoms with Crippen LogP contribution in [-0.4, -0.2) is 10.8 Å². The van der Waals surface area contributed by atoms with Crippen molar-refractivity contribution in [1.29, 1.82) is 5.26 Å². The molecule has 33 heavy (non-hydrogen) atoms. The topological polar surface area (TPSA) is 105 Å². The van der Waals surface area contributed by atoms with Crippen molar-refractivity contribution >= 4 is 50.9 Å². The van der Waals surface area contributed by atoms with E-state index in [-0.39, 0.29) is 22.9 Å². The van der Waals surface area contributed by atoms with Gasteiger partial charge < -0.3 is 10.1 Å². The minimum atomic E-state index is -0.542. The van der Waals surface area contributed by atoms with Crippen LogP contribution in [0.5, 0.6) is 5.75 Å². The highest BCUT2D eigenvalue weighted by Gasteiger charge is 2.14. The second-order valence-corrected chi connectivity index (χ2v) is 8.28. The number of hydrogen-bond donors (Lipinski definition) is 1. The summed E-state index contributed by atoms with van der Waals surface area (Å²) in [5.74, 6) is -0.206. The number of rotatable bonds is 7. The number of aryl methyl sites for hydroxylation is 1. The van der Waals surface area contributed by atoms with E-state index >= 15 is 0 Å². The van der Waals surface area contributed by atoms with Crippen LogP contribution >= 0.6 is 27.5 Å². The molecular formula is C24H17BrClN3O4. The van der Waals surface area contributed by atoms with Crippen LogP contribution in [0.2, 0.25) is 5.02 Å². The molecule has 0 saturated heterocycles. The number of hydrogen-bond acceptors (Lipinski definition) is 5. The molecule has 9 heteroatoms. The lowest BCUT2D eigenvalue weighted by atomic mass is 10.1. The smallest absolute Gasteiger partial charge is 0.269 e. The summed E-state index contributed by atoms with van der Waals surface area (Å²) in [5.41, 5.74) is 2.63. The van der Waals surface area contributed by atoms with E-state index in [1.807, 2.05) is 25.1 Å². The van der Waals surface area contributed by atoms with Gasteiger partial charge in [-0.3, -0.25) is 14.9 Å². The molecule has 3 rings (SSSR count). The zero-order valence-corrected chi connectivity index (χ0v) is 19.7. The van der Waals surface area contributed by atoms with Gasteiger partial charge in [0.15, 0.2) is 5.75 Å². The van der Waals surface area contributed by atoms with Gasteiger partial charge in [-0.15, -0.1) is 0 Å². The van der Waals surface area contributed by atoms with Crippen LogP contribution in [-0.2, 0) is 11.4 Å². The Kier molecular flexibility index (Phi) is 7.83. The maximum atomic E-state index is 12.5. The number of non-ortho nitro benzene ring substituents is 1. The molecule has 3 aromatic carbocycles. The van der Waals surface area contributed by atoms with Gasteiger partial charge in [-0.25, -0.2) is 0 Å². The molecule has 0 bridgehead atoms. The average molecular weight is 527 g/mol. The van der Waals surface area contributed by atoms with Gasteiger partial charge in [0.1, 0.15) is 18.2 Å². The Hall–Kier alpha value is -3.67. The minimum Gasteiger partial charge on any atom is -0.486 e. The summed E-state index contributed by atoms with van der Waals surface area (Å²) in [6, 6.07) is 18.4. The molecule has 0 aliphatic heterocycles. The van der Waals surface area contributed by atoms with Crippen LogP contribution in [0.4, 0.5) is 11.4 Å². The molecule has 0 fully saturated rings. The number of ether oxygens (including phenoxy) is 1. The quantitative estimate of drug-likeness (QED) is 0.165. The fourth-order valence-electron chi connectivity index (χ4n) is 2.87. The number of halogens is 2. The SMILES string of the molecule is Cc1ccc(NC(=O)/C(C#N)=C\c2cc(Cl)c(OCc3cccc([N+](=O)[O-])c3)c(Br)c2)cc1. The predicted octanol–water partition coefficient (Wildman–Crippen LogP) is 6.44. The summed E-state index contributed by atoms with van der Waals surface area (Å²) in [5, 5.41) is 23.3. The Balaban J connectivity index is 1.76. The zero-order chi connectivity index (χ0) is 24.0. The maximum Gasteiger partial charge on any atom is 0.269 e. The predicted molar refractivity (Wildman–Crippen MR) is 130 cm³/mol. The van der Waals surface area contributed by atoms with Gasteiger partial charge in [-0.1, -0.05) is 41.4 Å². The normalized spacial score (nSPS) is 10.9. The van der Waals surface area contributed by atoms with E-state index in [2.05, 4.69) is 21.2 Å². The number of carbonyl (C=O) groups excluding carboxylic acids is 1. The van der Waals surface area contributed by atoms with Gasteiger partial charge in [-0.2, -0.15) is 5.26 Å². The molecule has 7 nitrogen and oxygen atoms in total.